The molecule has 1 unspecified atom stereocenters. The van der Waals surface area contributed by atoms with E-state index in [4.69, 9.17) is 22.6 Å². The number of pyridine rings is 3. The van der Waals surface area contributed by atoms with E-state index in [0.717, 1.165) is 46.2 Å². The van der Waals surface area contributed by atoms with Gasteiger partial charge >= 0.3 is 0 Å². The molecule has 0 fully saturated rings. The molecule has 4 heterocycles. The number of carbonyl (C=O) groups is 1. The van der Waals surface area contributed by atoms with Crippen LogP contribution in [0.2, 0.25) is 5.02 Å². The Kier molecular flexibility index (Phi) is 7.94. The lowest BCUT2D eigenvalue weighted by Crippen LogP contribution is -2.34. The van der Waals surface area contributed by atoms with Crippen molar-refractivity contribution in [1.82, 2.24) is 25.7 Å². The maximum Gasteiger partial charge on any atom is 0.143 e. The molecule has 1 aliphatic rings. The minimum Gasteiger partial charge on any atom is -0.384 e. The van der Waals surface area contributed by atoms with Crippen LogP contribution in [-0.4, -0.2) is 28.3 Å². The second kappa shape index (κ2) is 11.3. The number of nitrogens with zero attached hydrogens (tertiary/aromatic N) is 5. The molecule has 0 spiro atoms. The molecule has 0 saturated carbocycles. The Morgan fingerprint density at radius 1 is 1.22 bits per heavy atom. The fourth-order valence-electron chi connectivity index (χ4n) is 4.31. The van der Waals surface area contributed by atoms with Crippen molar-refractivity contribution < 1.29 is 4.79 Å². The van der Waals surface area contributed by atoms with Gasteiger partial charge in [0.2, 0.25) is 0 Å². The first kappa shape index (κ1) is 26.0. The molecule has 1 aromatic carbocycles. The number of hydrazine groups is 1. The van der Waals surface area contributed by atoms with Gasteiger partial charge in [-0.3, -0.25) is 4.98 Å². The van der Waals surface area contributed by atoms with Crippen LogP contribution in [0.5, 0.6) is 0 Å². The van der Waals surface area contributed by atoms with Gasteiger partial charge in [0, 0.05) is 29.4 Å². The van der Waals surface area contributed by atoms with Gasteiger partial charge in [0.25, 0.3) is 0 Å². The zero-order valence-corrected chi connectivity index (χ0v) is 21.5. The summed E-state index contributed by atoms with van der Waals surface area (Å²) in [6, 6.07) is 12.9. The van der Waals surface area contributed by atoms with Gasteiger partial charge in [-0.1, -0.05) is 17.7 Å². The summed E-state index contributed by atoms with van der Waals surface area (Å²) in [6.07, 6.45) is 4.06. The van der Waals surface area contributed by atoms with Gasteiger partial charge in [-0.2, -0.15) is 5.26 Å². The number of anilines is 2. The standard InChI is InChI=1S/C18H12ClN5O.C9H15N3/c19-13-4-12-3-11(1-2-16(12)22-7-13)9-24-18-8-21-14(6-20)5-15(18)17(10-25)23-24;1-6-4-9(10)12-7(2)8(6)5-11-3/h1-5,7-8,10,17,23H,9H2;4,11H,5H2,1-3H3,(H2,10,12). The van der Waals surface area contributed by atoms with Crippen LogP contribution in [0.4, 0.5) is 11.5 Å². The van der Waals surface area contributed by atoms with E-state index in [-0.39, 0.29) is 0 Å². The van der Waals surface area contributed by atoms with Gasteiger partial charge in [0.15, 0.2) is 0 Å². The Balaban J connectivity index is 0.000000225. The van der Waals surface area contributed by atoms with Crippen LogP contribution in [0.1, 0.15) is 39.7 Å². The van der Waals surface area contributed by atoms with E-state index in [2.05, 4.69) is 32.6 Å². The van der Waals surface area contributed by atoms with Gasteiger partial charge in [0.05, 0.1) is 29.0 Å². The average Bonchev–Trinajstić information content (AvgIpc) is 3.22. The van der Waals surface area contributed by atoms with Gasteiger partial charge < -0.3 is 20.9 Å². The second-order valence-corrected chi connectivity index (χ2v) is 9.14. The topological polar surface area (TPSA) is 133 Å². The van der Waals surface area contributed by atoms with E-state index >= 15 is 0 Å². The van der Waals surface area contributed by atoms with Crippen molar-refractivity contribution in [2.24, 2.45) is 0 Å². The molecule has 0 amide bonds. The summed E-state index contributed by atoms with van der Waals surface area (Å²) in [4.78, 5) is 23.9. The largest absolute Gasteiger partial charge is 0.384 e. The number of hydrogen-bond acceptors (Lipinski definition) is 9. The SMILES string of the molecule is CNCc1c(C)cc(N)nc1C.N#Cc1cc2c(cn1)N(Cc1ccc3ncc(Cl)cc3c1)NC2C=O. The Labute approximate surface area is 220 Å². The molecule has 0 radical (unpaired) electrons. The van der Waals surface area contributed by atoms with Crippen molar-refractivity contribution in [1.29, 1.82) is 5.26 Å². The molecule has 0 aliphatic carbocycles. The monoisotopic (exact) mass is 514 g/mol. The zero-order valence-electron chi connectivity index (χ0n) is 20.8. The van der Waals surface area contributed by atoms with Crippen molar-refractivity contribution in [2.45, 2.75) is 33.0 Å². The van der Waals surface area contributed by atoms with Gasteiger partial charge in [0.1, 0.15) is 29.9 Å². The number of nitrogens with one attached hydrogen (secondary N) is 2. The molecule has 3 aromatic heterocycles. The summed E-state index contributed by atoms with van der Waals surface area (Å²) in [5, 5.41) is 15.5. The molecule has 188 valence electrons. The molecule has 4 aromatic rings. The summed E-state index contributed by atoms with van der Waals surface area (Å²) in [6.45, 7) is 5.42. The number of hydrogen-bond donors (Lipinski definition) is 3. The fraction of sp³-hybridized carbons (Fsp3) is 0.222. The number of benzene rings is 1. The van der Waals surface area contributed by atoms with Crippen molar-refractivity contribution in [2.75, 3.05) is 17.8 Å². The van der Waals surface area contributed by atoms with Crippen LogP contribution in [0.25, 0.3) is 10.9 Å². The number of halogens is 1. The van der Waals surface area contributed by atoms with E-state index < -0.39 is 6.04 Å². The third kappa shape index (κ3) is 5.84. The highest BCUT2D eigenvalue weighted by Gasteiger charge is 2.28. The van der Waals surface area contributed by atoms with Gasteiger partial charge in [-0.05, 0) is 67.9 Å². The van der Waals surface area contributed by atoms with E-state index in [0.29, 0.717) is 23.1 Å². The van der Waals surface area contributed by atoms with E-state index in [1.54, 1.807) is 18.5 Å². The first-order valence-electron chi connectivity index (χ1n) is 11.6. The van der Waals surface area contributed by atoms with Crippen LogP contribution >= 0.6 is 11.6 Å². The minimum absolute atomic E-state index is 0.292. The predicted octanol–water partition coefficient (Wildman–Crippen LogP) is 3.92. The number of nitrogen functional groups attached to an aromatic ring is 1. The van der Waals surface area contributed by atoms with E-state index in [1.807, 2.05) is 55.4 Å². The first-order valence-corrected chi connectivity index (χ1v) is 12.0. The minimum atomic E-state index is -0.485. The number of aldehydes is 1. The number of aromatic nitrogens is 3. The predicted molar refractivity (Wildman–Crippen MR) is 145 cm³/mol. The number of nitrogens with two attached hydrogens (primary N) is 1. The van der Waals surface area contributed by atoms with Crippen LogP contribution in [0.15, 0.2) is 48.8 Å². The van der Waals surface area contributed by atoms with Crippen LogP contribution < -0.4 is 21.5 Å². The second-order valence-electron chi connectivity index (χ2n) is 8.71. The van der Waals surface area contributed by atoms with Gasteiger partial charge in [-0.15, -0.1) is 0 Å². The van der Waals surface area contributed by atoms with Crippen LogP contribution in [-0.2, 0) is 17.9 Å². The molecule has 1 aliphatic heterocycles. The highest BCUT2D eigenvalue weighted by atomic mass is 35.5. The molecular weight excluding hydrogens is 488 g/mol. The summed E-state index contributed by atoms with van der Waals surface area (Å²) in [7, 11) is 1.93. The summed E-state index contributed by atoms with van der Waals surface area (Å²) < 4.78 is 0. The molecule has 4 N–H and O–H groups in total. The summed E-state index contributed by atoms with van der Waals surface area (Å²) >= 11 is 6.02. The first-order chi connectivity index (χ1) is 17.8. The Bertz CT molecular complexity index is 1480. The highest BCUT2D eigenvalue weighted by Crippen LogP contribution is 2.33. The van der Waals surface area contributed by atoms with Crippen molar-refractivity contribution in [3.05, 3.63) is 87.5 Å². The number of nitriles is 1. The van der Waals surface area contributed by atoms with E-state index in [9.17, 15) is 4.79 Å². The van der Waals surface area contributed by atoms with Crippen molar-refractivity contribution in [3.63, 3.8) is 0 Å². The summed E-state index contributed by atoms with van der Waals surface area (Å²) in [5.74, 6) is 0.602. The maximum atomic E-state index is 11.4. The molecule has 9 nitrogen and oxygen atoms in total. The lowest BCUT2D eigenvalue weighted by molar-refractivity contribution is -0.109. The molecule has 10 heteroatoms. The lowest BCUT2D eigenvalue weighted by atomic mass is 10.1. The van der Waals surface area contributed by atoms with Crippen LogP contribution in [0, 0.1) is 25.2 Å². The lowest BCUT2D eigenvalue weighted by Gasteiger charge is -2.20. The molecule has 0 bridgehead atoms. The Morgan fingerprint density at radius 3 is 2.73 bits per heavy atom. The number of carbonyl (C=O) groups excluding carboxylic acids is 1. The average molecular weight is 515 g/mol. The van der Waals surface area contributed by atoms with Crippen molar-refractivity contribution in [3.8, 4) is 6.07 Å². The molecular formula is C27H27ClN8O. The highest BCUT2D eigenvalue weighted by molar-refractivity contribution is 6.31. The van der Waals surface area contributed by atoms with Crippen molar-refractivity contribution >= 4 is 40.3 Å². The number of rotatable bonds is 5. The van der Waals surface area contributed by atoms with Crippen LogP contribution in [0.3, 0.4) is 0 Å². The molecule has 37 heavy (non-hydrogen) atoms. The number of fused-ring (bicyclic) bond motifs is 2. The zero-order chi connectivity index (χ0) is 26.5. The number of aryl methyl sites for hydroxylation is 2. The van der Waals surface area contributed by atoms with E-state index in [1.165, 1.54) is 11.1 Å². The molecule has 0 saturated heterocycles. The Morgan fingerprint density at radius 2 is 2.03 bits per heavy atom. The molecule has 1 atom stereocenters. The molecule has 5 rings (SSSR count). The summed E-state index contributed by atoms with van der Waals surface area (Å²) in [5.41, 5.74) is 15.9. The third-order valence-electron chi connectivity index (χ3n) is 6.07. The smallest absolute Gasteiger partial charge is 0.143 e. The third-order valence-corrected chi connectivity index (χ3v) is 6.27. The Hall–Kier alpha value is -4.10. The fourth-order valence-corrected chi connectivity index (χ4v) is 4.47. The normalized spacial score (nSPS) is 14.0. The van der Waals surface area contributed by atoms with Gasteiger partial charge in [-0.25, -0.2) is 15.4 Å². The maximum absolute atomic E-state index is 11.4. The quantitative estimate of drug-likeness (QED) is 0.339.